The van der Waals surface area contributed by atoms with E-state index >= 15 is 0 Å². The molecule has 0 amide bonds. The number of quaternary nitrogens is 1. The molecule has 0 aliphatic carbocycles. The number of ether oxygens (including phenoxy) is 5. The monoisotopic (exact) mass is 587 g/mol. The molecule has 1 heterocycles. The van der Waals surface area contributed by atoms with Gasteiger partial charge in [-0.2, -0.15) is 0 Å². The Hall–Kier alpha value is -3.50. The lowest BCUT2D eigenvalue weighted by molar-refractivity contribution is -0.914. The number of hydrogen-bond acceptors (Lipinski definition) is 8. The van der Waals surface area contributed by atoms with Crippen molar-refractivity contribution in [3.8, 4) is 28.7 Å². The van der Waals surface area contributed by atoms with Gasteiger partial charge >= 0.3 is 0 Å². The number of ketones is 1. The fourth-order valence-electron chi connectivity index (χ4n) is 5.50. The maximum atomic E-state index is 14.0. The number of benzene rings is 3. The van der Waals surface area contributed by atoms with Crippen molar-refractivity contribution < 1.29 is 56.0 Å². The topological polar surface area (TPSA) is 108 Å². The van der Waals surface area contributed by atoms with Crippen molar-refractivity contribution in [2.75, 3.05) is 55.2 Å². The average Bonchev–Trinajstić information content (AvgIpc) is 3.00. The molecule has 3 aromatic rings. The smallest absolute Gasteiger partial charge is 0.203 e. The van der Waals surface area contributed by atoms with Gasteiger partial charge in [-0.1, -0.05) is 24.3 Å². The molecule has 1 aliphatic heterocycles. The zero-order valence-electron chi connectivity index (χ0n) is 24.0. The van der Waals surface area contributed by atoms with Crippen LogP contribution in [0, 0.1) is 5.92 Å². The number of rotatable bonds is 11. The van der Waals surface area contributed by atoms with E-state index in [9.17, 15) is 15.0 Å². The summed E-state index contributed by atoms with van der Waals surface area (Å²) in [5, 5.41) is 23.4. The first-order chi connectivity index (χ1) is 19.3. The van der Waals surface area contributed by atoms with E-state index in [0.717, 1.165) is 4.90 Å². The number of piperidine rings is 1. The van der Waals surface area contributed by atoms with Crippen LogP contribution in [0.25, 0.3) is 0 Å². The highest BCUT2D eigenvalue weighted by Gasteiger charge is 2.49. The number of aliphatic hydroxyl groups excluding tert-OH is 1. The number of hydrogen-bond donors (Lipinski definition) is 3. The number of carbonyl (C=O) groups is 1. The second kappa shape index (κ2) is 13.9. The van der Waals surface area contributed by atoms with Gasteiger partial charge in [0, 0.05) is 12.0 Å². The highest BCUT2D eigenvalue weighted by Crippen LogP contribution is 2.40. The second-order valence-corrected chi connectivity index (χ2v) is 9.94. The molecule has 4 unspecified atom stereocenters. The van der Waals surface area contributed by atoms with Crippen molar-refractivity contribution in [1.82, 2.24) is 0 Å². The Balaban J connectivity index is 0.00000462. The molecule has 9 nitrogen and oxygen atoms in total. The van der Waals surface area contributed by atoms with Crippen LogP contribution in [0.2, 0.25) is 0 Å². The van der Waals surface area contributed by atoms with Crippen LogP contribution in [0.1, 0.15) is 34.0 Å². The predicted octanol–water partition coefficient (Wildman–Crippen LogP) is -0.557. The summed E-state index contributed by atoms with van der Waals surface area (Å²) in [6.07, 6.45) is -0.558. The largest absolute Gasteiger partial charge is 1.00 e. The Morgan fingerprint density at radius 1 is 0.902 bits per heavy atom. The van der Waals surface area contributed by atoms with Crippen LogP contribution < -0.4 is 41.0 Å². The van der Waals surface area contributed by atoms with Gasteiger partial charge in [-0.15, -0.1) is 0 Å². The fraction of sp³-hybridized carbons (Fsp3) is 0.387. The Morgan fingerprint density at radius 3 is 2.10 bits per heavy atom. The molecule has 4 atom stereocenters. The molecule has 0 aromatic heterocycles. The van der Waals surface area contributed by atoms with Gasteiger partial charge in [-0.05, 0) is 47.5 Å². The molecule has 4 rings (SSSR count). The van der Waals surface area contributed by atoms with Gasteiger partial charge in [0.25, 0.3) is 0 Å². The molecule has 222 valence electrons. The number of methoxy groups -OCH3 is 5. The van der Waals surface area contributed by atoms with Crippen molar-refractivity contribution >= 4 is 5.78 Å². The molecule has 41 heavy (non-hydrogen) atoms. The summed E-state index contributed by atoms with van der Waals surface area (Å²) in [5.74, 6) is 1.54. The van der Waals surface area contributed by atoms with Crippen molar-refractivity contribution in [2.45, 2.75) is 18.1 Å². The van der Waals surface area contributed by atoms with Crippen LogP contribution in [0.4, 0.5) is 0 Å². The van der Waals surface area contributed by atoms with Crippen LogP contribution in [0.5, 0.6) is 28.7 Å². The van der Waals surface area contributed by atoms with Crippen molar-refractivity contribution in [2.24, 2.45) is 5.92 Å². The molecule has 1 fully saturated rings. The Kier molecular flexibility index (Phi) is 10.9. The maximum Gasteiger partial charge on any atom is 0.203 e. The first-order valence-corrected chi connectivity index (χ1v) is 13.1. The minimum Gasteiger partial charge on any atom is -1.00 e. The lowest BCUT2D eigenvalue weighted by atomic mass is 9.72. The Morgan fingerprint density at radius 2 is 1.51 bits per heavy atom. The molecule has 3 N–H and O–H groups in total. The minimum atomic E-state index is -1.42. The SMILES string of the molecule is COc1cccc(C(=O)C2C[NH+](CC(O)c3cc(OC)c(OC)c(OC)c3)CCC2(O)c2cccc(OC)c2)c1.[Cl-]. The predicted molar refractivity (Wildman–Crippen MR) is 149 cm³/mol. The number of likely N-dealkylation sites (tertiary alicyclic amines) is 1. The molecular formula is C31H38ClNO8. The summed E-state index contributed by atoms with van der Waals surface area (Å²) < 4.78 is 27.0. The van der Waals surface area contributed by atoms with E-state index in [4.69, 9.17) is 23.7 Å². The van der Waals surface area contributed by atoms with Gasteiger partial charge in [0.05, 0.1) is 48.6 Å². The Labute approximate surface area is 247 Å². The first-order valence-electron chi connectivity index (χ1n) is 13.1. The van der Waals surface area contributed by atoms with Gasteiger partial charge in [-0.3, -0.25) is 4.79 Å². The number of aliphatic hydroxyl groups is 2. The normalized spacial score (nSPS) is 20.8. The van der Waals surface area contributed by atoms with E-state index in [0.29, 0.717) is 71.5 Å². The summed E-state index contributed by atoms with van der Waals surface area (Å²) in [4.78, 5) is 15.0. The standard InChI is InChI=1S/C31H37NO8.ClH/c1-36-23-10-6-8-20(14-23)29(34)25-18-32(13-12-31(25,35)22-9-7-11-24(17-22)37-2)19-26(33)21-15-27(38-3)30(40-5)28(16-21)39-4;/h6-11,14-17,25-26,33,35H,12-13,18-19H2,1-5H3;1H. The van der Waals surface area contributed by atoms with Crippen LogP contribution >= 0.6 is 0 Å². The van der Waals surface area contributed by atoms with Crippen LogP contribution in [0.15, 0.2) is 60.7 Å². The van der Waals surface area contributed by atoms with Crippen molar-refractivity contribution in [3.63, 3.8) is 0 Å². The Bertz CT molecular complexity index is 1310. The average molecular weight is 588 g/mol. The van der Waals surface area contributed by atoms with Crippen LogP contribution in [-0.4, -0.2) is 71.2 Å². The van der Waals surface area contributed by atoms with Crippen LogP contribution in [-0.2, 0) is 5.60 Å². The van der Waals surface area contributed by atoms with E-state index in [1.807, 2.05) is 12.1 Å². The lowest BCUT2D eigenvalue weighted by Crippen LogP contribution is -3.15. The minimum absolute atomic E-state index is 0. The van der Waals surface area contributed by atoms with Gasteiger partial charge < -0.3 is 51.2 Å². The van der Waals surface area contributed by atoms with Crippen molar-refractivity contribution in [3.05, 3.63) is 77.4 Å². The van der Waals surface area contributed by atoms with Gasteiger partial charge in [0.15, 0.2) is 17.3 Å². The lowest BCUT2D eigenvalue weighted by Gasteiger charge is -2.42. The van der Waals surface area contributed by atoms with E-state index in [1.165, 1.54) is 21.3 Å². The third kappa shape index (κ3) is 6.70. The summed E-state index contributed by atoms with van der Waals surface area (Å²) >= 11 is 0. The number of halogens is 1. The molecule has 1 saturated heterocycles. The molecule has 0 bridgehead atoms. The van der Waals surface area contributed by atoms with E-state index in [-0.39, 0.29) is 18.2 Å². The highest BCUT2D eigenvalue weighted by molar-refractivity contribution is 5.99. The summed E-state index contributed by atoms with van der Waals surface area (Å²) in [7, 11) is 7.69. The molecule has 0 radical (unpaired) electrons. The molecule has 1 aliphatic rings. The highest BCUT2D eigenvalue weighted by atomic mass is 35.5. The zero-order valence-corrected chi connectivity index (χ0v) is 24.7. The van der Waals surface area contributed by atoms with Crippen molar-refractivity contribution in [1.29, 1.82) is 0 Å². The number of carbonyl (C=O) groups excluding carboxylic acids is 1. The summed E-state index contributed by atoms with van der Waals surface area (Å²) in [5.41, 5.74) is 0.260. The third-order valence-electron chi connectivity index (χ3n) is 7.72. The fourth-order valence-corrected chi connectivity index (χ4v) is 5.50. The summed E-state index contributed by atoms with van der Waals surface area (Å²) in [6, 6.07) is 17.6. The van der Waals surface area contributed by atoms with Gasteiger partial charge in [0.2, 0.25) is 5.75 Å². The number of Topliss-reactive ketones (excluding diaryl/α,β-unsaturated/α-hetero) is 1. The maximum absolute atomic E-state index is 14.0. The quantitative estimate of drug-likeness (QED) is 0.256. The zero-order chi connectivity index (χ0) is 28.9. The third-order valence-corrected chi connectivity index (χ3v) is 7.72. The molecule has 0 saturated carbocycles. The van der Waals surface area contributed by atoms with E-state index in [2.05, 4.69) is 0 Å². The van der Waals surface area contributed by atoms with Gasteiger partial charge in [-0.25, -0.2) is 0 Å². The first kappa shape index (κ1) is 32.0. The molecular weight excluding hydrogens is 550 g/mol. The molecule has 0 spiro atoms. The number of nitrogens with one attached hydrogen (secondary N) is 1. The van der Waals surface area contributed by atoms with E-state index in [1.54, 1.807) is 62.8 Å². The molecule has 3 aromatic carbocycles. The van der Waals surface area contributed by atoms with E-state index < -0.39 is 17.6 Å². The summed E-state index contributed by atoms with van der Waals surface area (Å²) in [6.45, 7) is 1.16. The van der Waals surface area contributed by atoms with Crippen LogP contribution in [0.3, 0.4) is 0 Å². The molecule has 10 heteroatoms. The van der Waals surface area contributed by atoms with Gasteiger partial charge in [0.1, 0.15) is 35.7 Å². The second-order valence-electron chi connectivity index (χ2n) is 9.94.